The number of fused-ring (bicyclic) bond motifs is 1. The van der Waals surface area contributed by atoms with Crippen molar-refractivity contribution in [1.29, 1.82) is 0 Å². The average Bonchev–Trinajstić information content (AvgIpc) is 2.76. The van der Waals surface area contributed by atoms with Crippen LogP contribution < -0.4 is 5.32 Å². The van der Waals surface area contributed by atoms with E-state index in [1.807, 2.05) is 20.8 Å². The Bertz CT molecular complexity index is 652. The van der Waals surface area contributed by atoms with E-state index >= 15 is 0 Å². The predicted octanol–water partition coefficient (Wildman–Crippen LogP) is 3.70. The number of anilines is 1. The molecule has 0 atom stereocenters. The van der Waals surface area contributed by atoms with Crippen molar-refractivity contribution in [1.82, 2.24) is 9.97 Å². The number of carbonyl (C=O) groups is 1. The summed E-state index contributed by atoms with van der Waals surface area (Å²) in [6.07, 6.45) is 2.20. The Balaban J connectivity index is 2.46. The Kier molecular flexibility index (Phi) is 5.12. The van der Waals surface area contributed by atoms with E-state index in [0.29, 0.717) is 17.3 Å². The number of rotatable bonds is 6. The number of ether oxygens (including phenoxy) is 1. The average molecular weight is 307 g/mol. The standard InChI is InChI=1S/C15H21N3O2S/c1-5-7-8-16-13-11-9(3)12(15(19)20-6-2)21-14(11)18-10(4)17-13/h5-8H2,1-4H3,(H,16,17,18). The molecule has 0 radical (unpaired) electrons. The monoisotopic (exact) mass is 307 g/mol. The van der Waals surface area contributed by atoms with Crippen LogP contribution in [0.1, 0.15) is 47.7 Å². The van der Waals surface area contributed by atoms with Crippen LogP contribution >= 0.6 is 11.3 Å². The Morgan fingerprint density at radius 2 is 2.05 bits per heavy atom. The predicted molar refractivity (Wildman–Crippen MR) is 86.2 cm³/mol. The molecule has 0 spiro atoms. The second kappa shape index (κ2) is 6.85. The first-order chi connectivity index (χ1) is 10.1. The largest absolute Gasteiger partial charge is 0.462 e. The van der Waals surface area contributed by atoms with Gasteiger partial charge >= 0.3 is 5.97 Å². The molecular formula is C15H21N3O2S. The van der Waals surface area contributed by atoms with Gasteiger partial charge in [-0.05, 0) is 32.8 Å². The third-order valence-electron chi connectivity index (χ3n) is 3.19. The maximum atomic E-state index is 12.0. The molecule has 0 saturated heterocycles. The highest BCUT2D eigenvalue weighted by Gasteiger charge is 2.20. The summed E-state index contributed by atoms with van der Waals surface area (Å²) >= 11 is 1.37. The van der Waals surface area contributed by atoms with Crippen molar-refractivity contribution in [2.45, 2.75) is 40.5 Å². The fourth-order valence-corrected chi connectivity index (χ4v) is 3.27. The molecule has 21 heavy (non-hydrogen) atoms. The lowest BCUT2D eigenvalue weighted by Crippen LogP contribution is -2.06. The van der Waals surface area contributed by atoms with Crippen molar-refractivity contribution >= 4 is 33.3 Å². The van der Waals surface area contributed by atoms with Gasteiger partial charge in [0, 0.05) is 6.54 Å². The first-order valence-electron chi connectivity index (χ1n) is 7.27. The molecule has 0 fully saturated rings. The summed E-state index contributed by atoms with van der Waals surface area (Å²) < 4.78 is 5.11. The molecular weight excluding hydrogens is 286 g/mol. The van der Waals surface area contributed by atoms with E-state index in [1.165, 1.54) is 11.3 Å². The number of unbranched alkanes of at least 4 members (excludes halogenated alkanes) is 1. The summed E-state index contributed by atoms with van der Waals surface area (Å²) in [4.78, 5) is 22.4. The van der Waals surface area contributed by atoms with Crippen LogP contribution in [-0.2, 0) is 4.74 Å². The molecule has 114 valence electrons. The molecule has 0 aliphatic rings. The maximum Gasteiger partial charge on any atom is 0.348 e. The molecule has 0 aliphatic carbocycles. The van der Waals surface area contributed by atoms with Gasteiger partial charge in [-0.3, -0.25) is 0 Å². The van der Waals surface area contributed by atoms with Gasteiger partial charge < -0.3 is 10.1 Å². The highest BCUT2D eigenvalue weighted by atomic mass is 32.1. The lowest BCUT2D eigenvalue weighted by atomic mass is 10.2. The number of hydrogen-bond donors (Lipinski definition) is 1. The van der Waals surface area contributed by atoms with Gasteiger partial charge in [0.15, 0.2) is 0 Å². The minimum Gasteiger partial charge on any atom is -0.462 e. The number of esters is 1. The van der Waals surface area contributed by atoms with Crippen LogP contribution in [0.2, 0.25) is 0 Å². The molecule has 5 nitrogen and oxygen atoms in total. The number of nitrogens with zero attached hydrogens (tertiary/aromatic N) is 2. The van der Waals surface area contributed by atoms with Crippen LogP contribution in [0.25, 0.3) is 10.2 Å². The number of carbonyl (C=O) groups excluding carboxylic acids is 1. The number of hydrogen-bond acceptors (Lipinski definition) is 6. The zero-order valence-electron chi connectivity index (χ0n) is 12.9. The minimum absolute atomic E-state index is 0.282. The maximum absolute atomic E-state index is 12.0. The van der Waals surface area contributed by atoms with Crippen LogP contribution in [0.4, 0.5) is 5.82 Å². The summed E-state index contributed by atoms with van der Waals surface area (Å²) in [6.45, 7) is 8.99. The van der Waals surface area contributed by atoms with Crippen LogP contribution in [0, 0.1) is 13.8 Å². The normalized spacial score (nSPS) is 10.9. The molecule has 2 rings (SSSR count). The quantitative estimate of drug-likeness (QED) is 0.651. The van der Waals surface area contributed by atoms with E-state index in [0.717, 1.165) is 41.0 Å². The summed E-state index contributed by atoms with van der Waals surface area (Å²) in [6, 6.07) is 0. The van der Waals surface area contributed by atoms with E-state index in [2.05, 4.69) is 22.2 Å². The zero-order chi connectivity index (χ0) is 15.4. The molecule has 1 N–H and O–H groups in total. The number of nitrogens with one attached hydrogen (secondary N) is 1. The molecule has 2 heterocycles. The van der Waals surface area contributed by atoms with Crippen LogP contribution in [0.15, 0.2) is 0 Å². The first-order valence-corrected chi connectivity index (χ1v) is 8.08. The summed E-state index contributed by atoms with van der Waals surface area (Å²) in [5.41, 5.74) is 0.896. The Labute approximate surface area is 128 Å². The summed E-state index contributed by atoms with van der Waals surface area (Å²) in [5, 5.41) is 4.29. The van der Waals surface area contributed by atoms with Gasteiger partial charge in [-0.15, -0.1) is 11.3 Å². The molecule has 0 bridgehead atoms. The van der Waals surface area contributed by atoms with Crippen molar-refractivity contribution in [3.8, 4) is 0 Å². The third-order valence-corrected chi connectivity index (χ3v) is 4.35. The number of thiophene rings is 1. The Morgan fingerprint density at radius 3 is 2.71 bits per heavy atom. The van der Waals surface area contributed by atoms with Crippen molar-refractivity contribution in [2.24, 2.45) is 0 Å². The second-order valence-corrected chi connectivity index (χ2v) is 5.86. The molecule has 0 aliphatic heterocycles. The highest BCUT2D eigenvalue weighted by Crippen LogP contribution is 2.34. The zero-order valence-corrected chi connectivity index (χ0v) is 13.8. The van der Waals surface area contributed by atoms with Crippen molar-refractivity contribution < 1.29 is 9.53 Å². The number of aromatic nitrogens is 2. The van der Waals surface area contributed by atoms with Gasteiger partial charge in [0.2, 0.25) is 0 Å². The molecule has 2 aromatic rings. The lowest BCUT2D eigenvalue weighted by molar-refractivity contribution is 0.0531. The van der Waals surface area contributed by atoms with E-state index in [-0.39, 0.29) is 5.97 Å². The van der Waals surface area contributed by atoms with Crippen LogP contribution in [0.3, 0.4) is 0 Å². The van der Waals surface area contributed by atoms with E-state index < -0.39 is 0 Å². The fourth-order valence-electron chi connectivity index (χ4n) is 2.15. The Hall–Kier alpha value is -1.69. The molecule has 2 aromatic heterocycles. The second-order valence-electron chi connectivity index (χ2n) is 4.86. The lowest BCUT2D eigenvalue weighted by Gasteiger charge is -2.07. The Morgan fingerprint density at radius 1 is 1.29 bits per heavy atom. The van der Waals surface area contributed by atoms with Gasteiger partial charge in [0.25, 0.3) is 0 Å². The third kappa shape index (κ3) is 3.32. The number of aryl methyl sites for hydroxylation is 2. The summed E-state index contributed by atoms with van der Waals surface area (Å²) in [5.74, 6) is 1.24. The molecule has 0 aromatic carbocycles. The van der Waals surface area contributed by atoms with Crippen molar-refractivity contribution in [3.05, 3.63) is 16.3 Å². The highest BCUT2D eigenvalue weighted by molar-refractivity contribution is 7.20. The summed E-state index contributed by atoms with van der Waals surface area (Å²) in [7, 11) is 0. The molecule has 6 heteroatoms. The van der Waals surface area contributed by atoms with Crippen molar-refractivity contribution in [3.63, 3.8) is 0 Å². The molecule has 0 saturated carbocycles. The minimum atomic E-state index is -0.282. The smallest absolute Gasteiger partial charge is 0.348 e. The van der Waals surface area contributed by atoms with Gasteiger partial charge in [0.05, 0.1) is 12.0 Å². The molecule has 0 unspecified atom stereocenters. The molecule has 0 amide bonds. The topological polar surface area (TPSA) is 64.1 Å². The van der Waals surface area contributed by atoms with Gasteiger partial charge in [-0.2, -0.15) is 0 Å². The fraction of sp³-hybridized carbons (Fsp3) is 0.533. The van der Waals surface area contributed by atoms with E-state index in [4.69, 9.17) is 4.74 Å². The van der Waals surface area contributed by atoms with E-state index in [9.17, 15) is 4.79 Å². The van der Waals surface area contributed by atoms with Gasteiger partial charge in [-0.25, -0.2) is 14.8 Å². The van der Waals surface area contributed by atoms with Gasteiger partial charge in [-0.1, -0.05) is 13.3 Å². The van der Waals surface area contributed by atoms with Crippen LogP contribution in [0.5, 0.6) is 0 Å². The van der Waals surface area contributed by atoms with Gasteiger partial charge in [0.1, 0.15) is 21.3 Å². The SMILES string of the molecule is CCCCNc1nc(C)nc2sc(C(=O)OCC)c(C)c12. The van der Waals surface area contributed by atoms with Crippen LogP contribution in [-0.4, -0.2) is 29.1 Å². The van der Waals surface area contributed by atoms with Crippen molar-refractivity contribution in [2.75, 3.05) is 18.5 Å². The first kappa shape index (κ1) is 15.7. The van der Waals surface area contributed by atoms with E-state index in [1.54, 1.807) is 0 Å².